The van der Waals surface area contributed by atoms with Gasteiger partial charge in [0.05, 0.1) is 36.4 Å². The maximum atomic E-state index is 13.0. The second-order valence-electron chi connectivity index (χ2n) is 20.0. The Kier molecular flexibility index (Phi) is 10.8. The number of hydrogen-bond acceptors (Lipinski definition) is 11. The Bertz CT molecular complexity index is 1540. The van der Waals surface area contributed by atoms with Crippen LogP contribution in [0.4, 0.5) is 0 Å². The zero-order chi connectivity index (χ0) is 40.1. The fourth-order valence-corrected chi connectivity index (χ4v) is 13.2. The summed E-state index contributed by atoms with van der Waals surface area (Å²) in [7, 11) is 0. The summed E-state index contributed by atoms with van der Waals surface area (Å²) in [6, 6.07) is 0. The van der Waals surface area contributed by atoms with E-state index in [1.165, 1.54) is 12.5 Å². The summed E-state index contributed by atoms with van der Waals surface area (Å²) in [5, 5.41) is 57.8. The molecule has 11 heteroatoms. The molecular formula is C43H68O11. The fourth-order valence-electron chi connectivity index (χ4n) is 13.2. The summed E-state index contributed by atoms with van der Waals surface area (Å²) in [5.41, 5.74) is -1.33. The minimum Gasteiger partial charge on any atom is -0.462 e. The maximum Gasteiger partial charge on any atom is 0.333 e. The third kappa shape index (κ3) is 5.91. The second kappa shape index (κ2) is 13.9. The van der Waals surface area contributed by atoms with Crippen molar-refractivity contribution < 1.29 is 54.1 Å². The van der Waals surface area contributed by atoms with Gasteiger partial charge in [-0.3, -0.25) is 4.79 Å². The Balaban J connectivity index is 1.36. The van der Waals surface area contributed by atoms with Crippen LogP contribution in [0.3, 0.4) is 0 Å². The Morgan fingerprint density at radius 2 is 1.59 bits per heavy atom. The van der Waals surface area contributed by atoms with E-state index in [1.807, 2.05) is 13.8 Å². The van der Waals surface area contributed by atoms with Gasteiger partial charge in [-0.2, -0.15) is 0 Å². The van der Waals surface area contributed by atoms with E-state index in [0.29, 0.717) is 30.3 Å². The highest BCUT2D eigenvalue weighted by atomic mass is 16.7. The molecule has 0 bridgehead atoms. The number of rotatable bonds is 6. The molecule has 6 aliphatic rings. The zero-order valence-electron chi connectivity index (χ0n) is 34.4. The molecule has 0 aromatic rings. The fraction of sp³-hybridized carbons (Fsp3) is 0.860. The van der Waals surface area contributed by atoms with E-state index < -0.39 is 83.8 Å². The lowest BCUT2D eigenvalue weighted by molar-refractivity contribution is -0.341. The SMILES string of the molecule is C/C=C(/C)C(=O)O[C@@H]1[C@@H](O)[C@@H](O)[C@H](O[C@H]2[C@H](O)[C@]3(CO)[C@H](OC(C)=O)C[C@]4(C)C(=CC[C@@H]5[C@@]6(C)CC[C@H](O)C(C)(C)[C@@H]6CC[C@]54C)[C@@H]3CC2(C)C)O[C@H]1C. The number of carbonyl (C=O) groups excluding carboxylic acids is 2. The first-order valence-corrected chi connectivity index (χ1v) is 20.3. The summed E-state index contributed by atoms with van der Waals surface area (Å²) >= 11 is 0. The average Bonchev–Trinajstić information content (AvgIpc) is 3.08. The van der Waals surface area contributed by atoms with Crippen molar-refractivity contribution in [3.8, 4) is 0 Å². The number of aliphatic hydroxyl groups excluding tert-OH is 5. The standard InChI is InChI=1S/C43H68O11/c1-12-22(2)36(50)53-33-23(3)51-37(32(48)31(33)47)54-35-34(49)43(21-44)26(19-38(35,5)6)25-13-14-28-40(9)17-16-29(46)39(7,8)27(40)15-18-41(28,10)42(25,11)20-30(43)52-24(4)45/h12-13,23,26-35,37,44,46-49H,14-21H2,1-11H3/b22-12-/t23-,26-,27-,28+,29-,30+,31-,32+,33-,34-,35-,37-,40-,41+,42+,43-/m0/s1. The summed E-state index contributed by atoms with van der Waals surface area (Å²) in [5.74, 6) is -0.801. The van der Waals surface area contributed by atoms with Crippen LogP contribution in [0.2, 0.25) is 0 Å². The van der Waals surface area contributed by atoms with E-state index in [2.05, 4.69) is 40.7 Å². The molecule has 54 heavy (non-hydrogen) atoms. The summed E-state index contributed by atoms with van der Waals surface area (Å²) < 4.78 is 24.3. The van der Waals surface area contributed by atoms with Gasteiger partial charge in [0.2, 0.25) is 0 Å². The van der Waals surface area contributed by atoms with Crippen LogP contribution in [0.15, 0.2) is 23.3 Å². The first kappa shape index (κ1) is 41.8. The topological polar surface area (TPSA) is 172 Å². The maximum absolute atomic E-state index is 13.0. The first-order valence-electron chi connectivity index (χ1n) is 20.3. The lowest BCUT2D eigenvalue weighted by atomic mass is 9.33. The van der Waals surface area contributed by atoms with E-state index in [4.69, 9.17) is 18.9 Å². The van der Waals surface area contributed by atoms with Gasteiger partial charge >= 0.3 is 11.9 Å². The third-order valence-electron chi connectivity index (χ3n) is 16.7. The number of aliphatic hydroxyl groups is 5. The van der Waals surface area contributed by atoms with Gasteiger partial charge in [0.15, 0.2) is 12.4 Å². The molecule has 1 heterocycles. The highest BCUT2D eigenvalue weighted by Crippen LogP contribution is 2.76. The molecule has 1 aliphatic heterocycles. The molecule has 1 saturated heterocycles. The molecule has 4 saturated carbocycles. The molecule has 0 aromatic carbocycles. The monoisotopic (exact) mass is 760 g/mol. The third-order valence-corrected chi connectivity index (χ3v) is 16.7. The summed E-state index contributed by atoms with van der Waals surface area (Å²) in [6.45, 7) is 21.4. The van der Waals surface area contributed by atoms with Gasteiger partial charge in [-0.05, 0) is 111 Å². The average molecular weight is 761 g/mol. The predicted molar refractivity (Wildman–Crippen MR) is 200 cm³/mol. The van der Waals surface area contributed by atoms with Gasteiger partial charge in [0.1, 0.15) is 18.3 Å². The van der Waals surface area contributed by atoms with E-state index in [1.54, 1.807) is 26.8 Å². The molecule has 0 aromatic heterocycles. The number of fused-ring (bicyclic) bond motifs is 7. The van der Waals surface area contributed by atoms with Crippen LogP contribution in [0.5, 0.6) is 0 Å². The van der Waals surface area contributed by atoms with Crippen molar-refractivity contribution in [2.45, 2.75) is 176 Å². The van der Waals surface area contributed by atoms with Crippen LogP contribution in [-0.2, 0) is 28.5 Å². The molecule has 0 amide bonds. The van der Waals surface area contributed by atoms with Crippen molar-refractivity contribution >= 4 is 11.9 Å². The van der Waals surface area contributed by atoms with E-state index in [-0.39, 0.29) is 28.3 Å². The zero-order valence-corrected chi connectivity index (χ0v) is 34.4. The second-order valence-corrected chi connectivity index (χ2v) is 20.0. The van der Waals surface area contributed by atoms with Crippen molar-refractivity contribution in [2.24, 2.45) is 50.2 Å². The molecule has 6 rings (SSSR count). The lowest BCUT2D eigenvalue weighted by Crippen LogP contribution is -2.73. The smallest absolute Gasteiger partial charge is 0.333 e. The van der Waals surface area contributed by atoms with Crippen molar-refractivity contribution in [2.75, 3.05) is 6.61 Å². The molecule has 0 radical (unpaired) electrons. The van der Waals surface area contributed by atoms with Crippen molar-refractivity contribution in [1.82, 2.24) is 0 Å². The summed E-state index contributed by atoms with van der Waals surface area (Å²) in [4.78, 5) is 25.5. The lowest BCUT2D eigenvalue weighted by Gasteiger charge is -2.72. The van der Waals surface area contributed by atoms with Crippen LogP contribution in [0.25, 0.3) is 0 Å². The van der Waals surface area contributed by atoms with Crippen LogP contribution < -0.4 is 0 Å². The molecular weight excluding hydrogens is 692 g/mol. The Labute approximate surface area is 321 Å². The van der Waals surface area contributed by atoms with Crippen LogP contribution in [0.1, 0.15) is 121 Å². The minimum absolute atomic E-state index is 0.00109. The molecule has 5 N–H and O–H groups in total. The minimum atomic E-state index is -1.62. The number of hydrogen-bond donors (Lipinski definition) is 5. The Morgan fingerprint density at radius 3 is 2.20 bits per heavy atom. The van der Waals surface area contributed by atoms with Crippen molar-refractivity contribution in [1.29, 1.82) is 0 Å². The Morgan fingerprint density at radius 1 is 0.926 bits per heavy atom. The van der Waals surface area contributed by atoms with E-state index >= 15 is 0 Å². The van der Waals surface area contributed by atoms with E-state index in [9.17, 15) is 35.1 Å². The van der Waals surface area contributed by atoms with Crippen LogP contribution in [0, 0.1) is 50.2 Å². The molecule has 0 spiro atoms. The van der Waals surface area contributed by atoms with Gasteiger partial charge in [0, 0.05) is 12.5 Å². The highest BCUT2D eigenvalue weighted by Gasteiger charge is 2.73. The van der Waals surface area contributed by atoms with Crippen LogP contribution in [-0.4, -0.2) is 99.2 Å². The molecule has 5 aliphatic carbocycles. The highest BCUT2D eigenvalue weighted by molar-refractivity contribution is 5.87. The van der Waals surface area contributed by atoms with E-state index in [0.717, 1.165) is 32.1 Å². The molecule has 11 nitrogen and oxygen atoms in total. The molecule has 306 valence electrons. The quantitative estimate of drug-likeness (QED) is 0.107. The Hall–Kier alpha value is -1.86. The first-order chi connectivity index (χ1) is 25.0. The van der Waals surface area contributed by atoms with Gasteiger partial charge in [-0.1, -0.05) is 66.2 Å². The normalized spacial score (nSPS) is 49.6. The van der Waals surface area contributed by atoms with Crippen LogP contribution >= 0.6 is 0 Å². The van der Waals surface area contributed by atoms with Gasteiger partial charge in [0.25, 0.3) is 0 Å². The van der Waals surface area contributed by atoms with Crippen molar-refractivity contribution in [3.63, 3.8) is 0 Å². The number of carbonyl (C=O) groups is 2. The molecule has 16 atom stereocenters. The van der Waals surface area contributed by atoms with Gasteiger partial charge < -0.3 is 44.5 Å². The summed E-state index contributed by atoms with van der Waals surface area (Å²) in [6.07, 6.45) is -0.730. The largest absolute Gasteiger partial charge is 0.462 e. The molecule has 0 unspecified atom stereocenters. The van der Waals surface area contributed by atoms with Gasteiger partial charge in [-0.25, -0.2) is 4.79 Å². The number of allylic oxidation sites excluding steroid dienone is 3. The van der Waals surface area contributed by atoms with Crippen molar-refractivity contribution in [3.05, 3.63) is 23.3 Å². The molecule has 5 fully saturated rings. The number of ether oxygens (including phenoxy) is 4. The predicted octanol–water partition coefficient (Wildman–Crippen LogP) is 4.99. The number of esters is 2. The van der Waals surface area contributed by atoms with Gasteiger partial charge in [-0.15, -0.1) is 0 Å².